The topological polar surface area (TPSA) is 76.7 Å². The minimum absolute atomic E-state index is 0.276. The van der Waals surface area contributed by atoms with Crippen LogP contribution in [0.15, 0.2) is 39.1 Å². The van der Waals surface area contributed by atoms with Crippen LogP contribution in [0, 0.1) is 12.7 Å². The maximum atomic E-state index is 13.0. The molecule has 1 aromatic carbocycles. The molecule has 28 heavy (non-hydrogen) atoms. The van der Waals surface area contributed by atoms with E-state index in [1.807, 2.05) is 0 Å². The molecular formula is C18H16FN5OS3. The number of thioether (sulfide) groups is 1. The van der Waals surface area contributed by atoms with Crippen molar-refractivity contribution in [1.82, 2.24) is 20.4 Å². The van der Waals surface area contributed by atoms with Crippen molar-refractivity contribution in [2.45, 2.75) is 30.4 Å². The highest BCUT2D eigenvalue weighted by Crippen LogP contribution is 2.33. The Morgan fingerprint density at radius 1 is 1.11 bits per heavy atom. The zero-order valence-electron chi connectivity index (χ0n) is 15.1. The van der Waals surface area contributed by atoms with Crippen molar-refractivity contribution in [3.63, 3.8) is 0 Å². The number of thiophene rings is 1. The lowest BCUT2D eigenvalue weighted by atomic mass is 10.2. The average Bonchev–Trinajstić information content (AvgIpc) is 3.41. The van der Waals surface area contributed by atoms with Gasteiger partial charge in [-0.2, -0.15) is 0 Å². The van der Waals surface area contributed by atoms with Crippen LogP contribution in [0.3, 0.4) is 0 Å². The van der Waals surface area contributed by atoms with E-state index in [1.165, 1.54) is 45.7 Å². The van der Waals surface area contributed by atoms with Gasteiger partial charge >= 0.3 is 0 Å². The number of aromatic nitrogens is 4. The molecule has 0 bridgehead atoms. The summed E-state index contributed by atoms with van der Waals surface area (Å²) in [5.41, 5.74) is 2.01. The van der Waals surface area contributed by atoms with Gasteiger partial charge in [-0.15, -0.1) is 31.7 Å². The molecule has 1 N–H and O–H groups in total. The number of hydrogen-bond donors (Lipinski definition) is 1. The van der Waals surface area contributed by atoms with E-state index in [0.717, 1.165) is 21.3 Å². The first-order chi connectivity index (χ1) is 13.6. The second-order valence-corrected chi connectivity index (χ2v) is 9.20. The summed E-state index contributed by atoms with van der Waals surface area (Å²) >= 11 is 4.58. The number of hydrogen-bond acceptors (Lipinski definition) is 9. The Morgan fingerprint density at radius 2 is 1.93 bits per heavy atom. The monoisotopic (exact) mass is 433 g/mol. The van der Waals surface area contributed by atoms with Gasteiger partial charge < -0.3 is 9.73 Å². The van der Waals surface area contributed by atoms with E-state index in [1.54, 1.807) is 23.5 Å². The summed E-state index contributed by atoms with van der Waals surface area (Å²) in [7, 11) is 0. The maximum absolute atomic E-state index is 13.0. The summed E-state index contributed by atoms with van der Waals surface area (Å²) in [6.45, 7) is 4.23. The van der Waals surface area contributed by atoms with Crippen molar-refractivity contribution in [2.75, 3.05) is 5.32 Å². The highest BCUT2D eigenvalue weighted by Gasteiger charge is 2.14. The third kappa shape index (κ3) is 4.40. The van der Waals surface area contributed by atoms with Crippen molar-refractivity contribution in [2.24, 2.45) is 0 Å². The second-order valence-electron chi connectivity index (χ2n) is 5.87. The molecule has 0 radical (unpaired) electrons. The Hall–Kier alpha value is -2.30. The minimum Gasteiger partial charge on any atom is -0.419 e. The number of anilines is 2. The fourth-order valence-corrected chi connectivity index (χ4v) is 5.13. The van der Waals surface area contributed by atoms with Gasteiger partial charge in [0.05, 0.1) is 10.6 Å². The predicted octanol–water partition coefficient (Wildman–Crippen LogP) is 5.70. The quantitative estimate of drug-likeness (QED) is 0.375. The summed E-state index contributed by atoms with van der Waals surface area (Å²) in [5, 5.41) is 20.3. The summed E-state index contributed by atoms with van der Waals surface area (Å²) in [4.78, 5) is 2.33. The van der Waals surface area contributed by atoms with Gasteiger partial charge in [-0.3, -0.25) is 0 Å². The third-order valence-electron chi connectivity index (χ3n) is 3.84. The third-order valence-corrected chi connectivity index (χ3v) is 7.17. The molecule has 3 aromatic heterocycles. The van der Waals surface area contributed by atoms with E-state index >= 15 is 0 Å². The van der Waals surface area contributed by atoms with Gasteiger partial charge in [0.2, 0.25) is 11.0 Å². The van der Waals surface area contributed by atoms with E-state index in [2.05, 4.69) is 45.6 Å². The fourth-order valence-electron chi connectivity index (χ4n) is 2.49. The lowest BCUT2D eigenvalue weighted by Gasteiger charge is -2.00. The normalized spacial score (nSPS) is 11.1. The van der Waals surface area contributed by atoms with Crippen LogP contribution >= 0.6 is 34.4 Å². The number of halogens is 1. The molecule has 0 aliphatic rings. The van der Waals surface area contributed by atoms with Crippen LogP contribution in [-0.2, 0) is 12.2 Å². The number of nitrogens with zero attached hydrogens (tertiary/aromatic N) is 4. The maximum Gasteiger partial charge on any atom is 0.257 e. The summed E-state index contributed by atoms with van der Waals surface area (Å²) in [6, 6.07) is 8.18. The van der Waals surface area contributed by atoms with Gasteiger partial charge in [-0.1, -0.05) is 30.0 Å². The molecular weight excluding hydrogens is 417 g/mol. The Kier molecular flexibility index (Phi) is 5.69. The van der Waals surface area contributed by atoms with Gasteiger partial charge in [0.1, 0.15) is 5.82 Å². The molecule has 4 rings (SSSR count). The first-order valence-electron chi connectivity index (χ1n) is 8.51. The number of nitrogens with one attached hydrogen (secondary N) is 1. The summed E-state index contributed by atoms with van der Waals surface area (Å²) < 4.78 is 19.5. The highest BCUT2D eigenvalue weighted by molar-refractivity contribution is 8.00. The second kappa shape index (κ2) is 8.38. The Bertz CT molecular complexity index is 1070. The number of aryl methyl sites for hydroxylation is 2. The van der Waals surface area contributed by atoms with Crippen molar-refractivity contribution < 1.29 is 8.81 Å². The summed E-state index contributed by atoms with van der Waals surface area (Å²) in [5.74, 6) is 1.34. The molecule has 4 aromatic rings. The van der Waals surface area contributed by atoms with Gasteiger partial charge in [-0.25, -0.2) is 4.39 Å². The number of rotatable bonds is 7. The molecule has 6 nitrogen and oxygen atoms in total. The van der Waals surface area contributed by atoms with Gasteiger partial charge in [-0.05, 0) is 49.2 Å². The molecule has 0 fully saturated rings. The van der Waals surface area contributed by atoms with Crippen LogP contribution in [0.25, 0.3) is 10.8 Å². The molecule has 0 saturated carbocycles. The van der Waals surface area contributed by atoms with Gasteiger partial charge in [0.15, 0.2) is 4.34 Å². The zero-order valence-corrected chi connectivity index (χ0v) is 17.6. The van der Waals surface area contributed by atoms with Crippen LogP contribution < -0.4 is 5.32 Å². The SMILES string of the molecule is CCc1sc(-c2nnc(CSc3nnc(Nc4ccc(F)cc4)s3)o2)cc1C. The molecule has 0 aliphatic carbocycles. The molecule has 0 spiro atoms. The Morgan fingerprint density at radius 3 is 2.68 bits per heavy atom. The molecule has 0 unspecified atom stereocenters. The fraction of sp³-hybridized carbons (Fsp3) is 0.222. The highest BCUT2D eigenvalue weighted by atomic mass is 32.2. The van der Waals surface area contributed by atoms with Crippen LogP contribution in [0.1, 0.15) is 23.3 Å². The summed E-state index contributed by atoms with van der Waals surface area (Å²) in [6.07, 6.45) is 0.999. The van der Waals surface area contributed by atoms with Crippen molar-refractivity contribution in [1.29, 1.82) is 0 Å². The van der Waals surface area contributed by atoms with Crippen molar-refractivity contribution in [3.8, 4) is 10.8 Å². The molecule has 0 atom stereocenters. The van der Waals surface area contributed by atoms with Crippen molar-refractivity contribution in [3.05, 3.63) is 52.5 Å². The number of benzene rings is 1. The predicted molar refractivity (Wildman–Crippen MR) is 111 cm³/mol. The van der Waals surface area contributed by atoms with E-state index in [0.29, 0.717) is 22.7 Å². The molecule has 3 heterocycles. The van der Waals surface area contributed by atoms with E-state index in [4.69, 9.17) is 4.42 Å². The molecule has 0 saturated heterocycles. The van der Waals surface area contributed by atoms with Gasteiger partial charge in [0, 0.05) is 10.6 Å². The minimum atomic E-state index is -0.276. The molecule has 0 aliphatic heterocycles. The molecule has 144 valence electrons. The smallest absolute Gasteiger partial charge is 0.257 e. The molecule has 10 heteroatoms. The van der Waals surface area contributed by atoms with Crippen LogP contribution in [-0.4, -0.2) is 20.4 Å². The van der Waals surface area contributed by atoms with Crippen LogP contribution in [0.2, 0.25) is 0 Å². The van der Waals surface area contributed by atoms with Crippen LogP contribution in [0.5, 0.6) is 0 Å². The van der Waals surface area contributed by atoms with Crippen molar-refractivity contribution >= 4 is 45.3 Å². The standard InChI is InChI=1S/C18H16FN5OS3/c1-3-13-10(2)8-14(27-13)16-22-21-15(25-16)9-26-18-24-23-17(28-18)20-12-6-4-11(19)5-7-12/h4-8H,3,9H2,1-2H3,(H,20,23). The Labute approximate surface area is 173 Å². The van der Waals surface area contributed by atoms with E-state index in [9.17, 15) is 4.39 Å². The van der Waals surface area contributed by atoms with E-state index in [-0.39, 0.29) is 5.82 Å². The first-order valence-corrected chi connectivity index (χ1v) is 11.1. The lowest BCUT2D eigenvalue weighted by Crippen LogP contribution is -1.89. The first kappa shape index (κ1) is 19.0. The Balaban J connectivity index is 1.36. The largest absolute Gasteiger partial charge is 0.419 e. The zero-order chi connectivity index (χ0) is 19.5. The van der Waals surface area contributed by atoms with E-state index < -0.39 is 0 Å². The lowest BCUT2D eigenvalue weighted by molar-refractivity contribution is 0.529. The van der Waals surface area contributed by atoms with Gasteiger partial charge in [0.25, 0.3) is 5.89 Å². The molecule has 0 amide bonds. The van der Waals surface area contributed by atoms with Crippen LogP contribution in [0.4, 0.5) is 15.2 Å². The average molecular weight is 434 g/mol.